The first-order chi connectivity index (χ1) is 9.24. The Balaban J connectivity index is 1.94. The molecule has 1 saturated heterocycles. The van der Waals surface area contributed by atoms with Gasteiger partial charge in [0.15, 0.2) is 0 Å². The molecule has 2 fully saturated rings. The predicted octanol–water partition coefficient (Wildman–Crippen LogP) is 2.89. The number of carboxylic acid groups (broad SMARTS) is 1. The molecule has 1 amide bonds. The molecule has 0 aromatic carbocycles. The van der Waals surface area contributed by atoms with Crippen molar-refractivity contribution in [1.29, 1.82) is 0 Å². The molecule has 0 aromatic rings. The van der Waals surface area contributed by atoms with Crippen molar-refractivity contribution in [1.82, 2.24) is 4.90 Å². The second-order valence-electron chi connectivity index (χ2n) is 7.10. The van der Waals surface area contributed by atoms with E-state index in [0.29, 0.717) is 13.1 Å². The number of nitrogens with zero attached hydrogens (tertiary/aromatic N) is 1. The lowest BCUT2D eigenvalue weighted by atomic mass is 9.63. The molecule has 1 saturated carbocycles. The van der Waals surface area contributed by atoms with Gasteiger partial charge in [-0.3, -0.25) is 4.79 Å². The number of carboxylic acids is 1. The average molecular weight is 283 g/mol. The lowest BCUT2D eigenvalue weighted by Crippen LogP contribution is -2.60. The molecule has 5 heteroatoms. The Bertz CT molecular complexity index is 387. The maximum absolute atomic E-state index is 11.9. The fourth-order valence-electron chi connectivity index (χ4n) is 3.28. The molecule has 1 heterocycles. The van der Waals surface area contributed by atoms with Crippen molar-refractivity contribution in [3.05, 3.63) is 0 Å². The number of hydrogen-bond donors (Lipinski definition) is 1. The number of hydrogen-bond acceptors (Lipinski definition) is 3. The van der Waals surface area contributed by atoms with Crippen molar-refractivity contribution in [3.63, 3.8) is 0 Å². The van der Waals surface area contributed by atoms with Crippen LogP contribution in [0.3, 0.4) is 0 Å². The maximum Gasteiger partial charge on any atom is 0.410 e. The summed E-state index contributed by atoms with van der Waals surface area (Å²) in [5.74, 6) is -0.612. The van der Waals surface area contributed by atoms with E-state index >= 15 is 0 Å². The summed E-state index contributed by atoms with van der Waals surface area (Å²) < 4.78 is 5.31. The summed E-state index contributed by atoms with van der Waals surface area (Å²) in [6.07, 6.45) is 4.25. The monoisotopic (exact) mass is 283 g/mol. The molecule has 1 aliphatic heterocycles. The molecule has 114 valence electrons. The van der Waals surface area contributed by atoms with Crippen LogP contribution in [0.5, 0.6) is 0 Å². The van der Waals surface area contributed by atoms with Crippen LogP contribution < -0.4 is 0 Å². The SMILES string of the molecule is CC(C)(C)OC(=O)N1CC(C2(C(=O)O)CCCCC2)C1. The molecule has 2 rings (SSSR count). The van der Waals surface area contributed by atoms with Crippen molar-refractivity contribution in [2.24, 2.45) is 11.3 Å². The van der Waals surface area contributed by atoms with Gasteiger partial charge < -0.3 is 14.7 Å². The zero-order chi connectivity index (χ0) is 15.0. The number of carbonyl (C=O) groups is 2. The molecule has 1 N–H and O–H groups in total. The van der Waals surface area contributed by atoms with E-state index in [-0.39, 0.29) is 12.0 Å². The summed E-state index contributed by atoms with van der Waals surface area (Å²) in [4.78, 5) is 25.2. The van der Waals surface area contributed by atoms with Crippen LogP contribution in [0.1, 0.15) is 52.9 Å². The van der Waals surface area contributed by atoms with E-state index < -0.39 is 17.0 Å². The summed E-state index contributed by atoms with van der Waals surface area (Å²) >= 11 is 0. The molecule has 5 nitrogen and oxygen atoms in total. The second-order valence-corrected chi connectivity index (χ2v) is 7.10. The Morgan fingerprint density at radius 2 is 1.70 bits per heavy atom. The van der Waals surface area contributed by atoms with E-state index in [9.17, 15) is 14.7 Å². The summed E-state index contributed by atoms with van der Waals surface area (Å²) in [6, 6.07) is 0. The average Bonchev–Trinajstić information content (AvgIpc) is 2.25. The van der Waals surface area contributed by atoms with Crippen LogP contribution in [0.4, 0.5) is 4.79 Å². The van der Waals surface area contributed by atoms with Crippen LogP contribution in [0, 0.1) is 11.3 Å². The predicted molar refractivity (Wildman–Crippen MR) is 74.5 cm³/mol. The van der Waals surface area contributed by atoms with Crippen molar-refractivity contribution in [2.45, 2.75) is 58.5 Å². The number of likely N-dealkylation sites (tertiary alicyclic amines) is 1. The highest BCUT2D eigenvalue weighted by Gasteiger charge is 2.52. The third-order valence-electron chi connectivity index (χ3n) is 4.49. The van der Waals surface area contributed by atoms with Crippen LogP contribution in [0.2, 0.25) is 0 Å². The molecule has 20 heavy (non-hydrogen) atoms. The van der Waals surface area contributed by atoms with Gasteiger partial charge in [0.25, 0.3) is 0 Å². The van der Waals surface area contributed by atoms with Gasteiger partial charge in [-0.2, -0.15) is 0 Å². The van der Waals surface area contributed by atoms with Crippen LogP contribution in [-0.2, 0) is 9.53 Å². The molecule has 0 bridgehead atoms. The molecule has 0 aromatic heterocycles. The highest BCUT2D eigenvalue weighted by molar-refractivity contribution is 5.76. The van der Waals surface area contributed by atoms with Crippen LogP contribution in [0.15, 0.2) is 0 Å². The van der Waals surface area contributed by atoms with Gasteiger partial charge >= 0.3 is 12.1 Å². The van der Waals surface area contributed by atoms with E-state index in [1.54, 1.807) is 4.90 Å². The number of ether oxygens (including phenoxy) is 1. The standard InChI is InChI=1S/C15H25NO4/c1-14(2,3)20-13(19)16-9-11(10-16)15(12(17)18)7-5-4-6-8-15/h11H,4-10H2,1-3H3,(H,17,18). The van der Waals surface area contributed by atoms with Gasteiger partial charge in [-0.15, -0.1) is 0 Å². The van der Waals surface area contributed by atoms with E-state index in [4.69, 9.17) is 4.74 Å². The summed E-state index contributed by atoms with van der Waals surface area (Å²) in [6.45, 7) is 6.54. The van der Waals surface area contributed by atoms with Crippen molar-refractivity contribution in [2.75, 3.05) is 13.1 Å². The first kappa shape index (κ1) is 15.1. The lowest BCUT2D eigenvalue weighted by Gasteiger charge is -2.49. The van der Waals surface area contributed by atoms with Gasteiger partial charge in [-0.05, 0) is 33.6 Å². The van der Waals surface area contributed by atoms with Crippen LogP contribution in [-0.4, -0.2) is 40.8 Å². The van der Waals surface area contributed by atoms with Crippen LogP contribution >= 0.6 is 0 Å². The van der Waals surface area contributed by atoms with Gasteiger partial charge in [0.1, 0.15) is 5.60 Å². The Morgan fingerprint density at radius 3 is 2.15 bits per heavy atom. The Kier molecular flexibility index (Phi) is 3.98. The molecular formula is C15H25NO4. The Morgan fingerprint density at radius 1 is 1.15 bits per heavy atom. The third-order valence-corrected chi connectivity index (χ3v) is 4.49. The molecule has 1 aliphatic carbocycles. The fourth-order valence-corrected chi connectivity index (χ4v) is 3.28. The Hall–Kier alpha value is -1.26. The van der Waals surface area contributed by atoms with Gasteiger partial charge in [-0.1, -0.05) is 19.3 Å². The third kappa shape index (κ3) is 2.91. The normalized spacial score (nSPS) is 23.1. The highest BCUT2D eigenvalue weighted by Crippen LogP contribution is 2.46. The second kappa shape index (κ2) is 5.26. The maximum atomic E-state index is 11.9. The topological polar surface area (TPSA) is 66.8 Å². The summed E-state index contributed by atoms with van der Waals surface area (Å²) in [5, 5.41) is 9.60. The van der Waals surface area contributed by atoms with Crippen molar-refractivity contribution >= 4 is 12.1 Å². The lowest BCUT2D eigenvalue weighted by molar-refractivity contribution is -0.161. The molecule has 0 atom stereocenters. The smallest absolute Gasteiger partial charge is 0.410 e. The molecule has 0 spiro atoms. The minimum absolute atomic E-state index is 0.0767. The zero-order valence-corrected chi connectivity index (χ0v) is 12.6. The minimum Gasteiger partial charge on any atom is -0.481 e. The molecule has 0 unspecified atom stereocenters. The van der Waals surface area contributed by atoms with Crippen molar-refractivity contribution < 1.29 is 19.4 Å². The number of rotatable bonds is 2. The Labute approximate surface area is 120 Å². The van der Waals surface area contributed by atoms with Gasteiger partial charge in [0.2, 0.25) is 0 Å². The first-order valence-electron chi connectivity index (χ1n) is 7.46. The molecular weight excluding hydrogens is 258 g/mol. The summed E-state index contributed by atoms with van der Waals surface area (Å²) in [5.41, 5.74) is -1.12. The van der Waals surface area contributed by atoms with E-state index in [2.05, 4.69) is 0 Å². The summed E-state index contributed by atoms with van der Waals surface area (Å²) in [7, 11) is 0. The minimum atomic E-state index is -0.689. The fraction of sp³-hybridized carbons (Fsp3) is 0.867. The van der Waals surface area contributed by atoms with E-state index in [1.807, 2.05) is 20.8 Å². The van der Waals surface area contributed by atoms with Gasteiger partial charge in [0.05, 0.1) is 5.41 Å². The molecule has 2 aliphatic rings. The zero-order valence-electron chi connectivity index (χ0n) is 12.6. The van der Waals surface area contributed by atoms with Gasteiger partial charge in [0, 0.05) is 19.0 Å². The highest BCUT2D eigenvalue weighted by atomic mass is 16.6. The number of aliphatic carboxylic acids is 1. The molecule has 0 radical (unpaired) electrons. The quantitative estimate of drug-likeness (QED) is 0.846. The largest absolute Gasteiger partial charge is 0.481 e. The van der Waals surface area contributed by atoms with Crippen molar-refractivity contribution in [3.8, 4) is 0 Å². The number of amides is 1. The number of carbonyl (C=O) groups excluding carboxylic acids is 1. The first-order valence-corrected chi connectivity index (χ1v) is 7.46. The van der Waals surface area contributed by atoms with E-state index in [1.165, 1.54) is 0 Å². The van der Waals surface area contributed by atoms with E-state index in [0.717, 1.165) is 32.1 Å². The van der Waals surface area contributed by atoms with Crippen LogP contribution in [0.25, 0.3) is 0 Å². The van der Waals surface area contributed by atoms with Gasteiger partial charge in [-0.25, -0.2) is 4.79 Å².